The fraction of sp³-hybridized carbons (Fsp3) is 0.462. The molecule has 0 spiro atoms. The average Bonchev–Trinajstić information content (AvgIpc) is 2.34. The van der Waals surface area contributed by atoms with Crippen molar-refractivity contribution in [3.63, 3.8) is 0 Å². The van der Waals surface area contributed by atoms with Crippen LogP contribution in [-0.4, -0.2) is 34.9 Å². The van der Waals surface area contributed by atoms with Crippen LogP contribution in [0.25, 0.3) is 0 Å². The van der Waals surface area contributed by atoms with Crippen molar-refractivity contribution in [2.24, 2.45) is 0 Å². The van der Waals surface area contributed by atoms with Gasteiger partial charge in [-0.2, -0.15) is 0 Å². The van der Waals surface area contributed by atoms with E-state index in [4.69, 9.17) is 17.0 Å². The van der Waals surface area contributed by atoms with Gasteiger partial charge in [-0.05, 0) is 45.1 Å². The van der Waals surface area contributed by atoms with Crippen LogP contribution in [0.2, 0.25) is 0 Å². The van der Waals surface area contributed by atoms with Crippen molar-refractivity contribution in [1.82, 2.24) is 15.6 Å². The number of ether oxygens (including phenoxy) is 1. The molecular formula is C13H20N4O2S. The molecule has 6 nitrogen and oxygen atoms in total. The molecule has 0 saturated heterocycles. The Hall–Kier alpha value is -1.89. The van der Waals surface area contributed by atoms with E-state index in [-0.39, 0.29) is 0 Å². The first-order valence-corrected chi connectivity index (χ1v) is 6.69. The van der Waals surface area contributed by atoms with E-state index in [0.29, 0.717) is 18.2 Å². The molecule has 0 aromatic carbocycles. The summed E-state index contributed by atoms with van der Waals surface area (Å²) in [6.45, 7) is 6.38. The van der Waals surface area contributed by atoms with Crippen LogP contribution in [0.1, 0.15) is 20.8 Å². The molecule has 0 unspecified atom stereocenters. The zero-order chi connectivity index (χ0) is 15.0. The maximum atomic E-state index is 11.4. The third-order valence-electron chi connectivity index (χ3n) is 2.00. The van der Waals surface area contributed by atoms with Crippen molar-refractivity contribution in [2.75, 3.05) is 18.4 Å². The number of hydrogen-bond acceptors (Lipinski definition) is 4. The largest absolute Gasteiger partial charge is 0.444 e. The molecule has 3 N–H and O–H groups in total. The van der Waals surface area contributed by atoms with Gasteiger partial charge in [-0.15, -0.1) is 0 Å². The Bertz CT molecular complexity index is 445. The summed E-state index contributed by atoms with van der Waals surface area (Å²) in [5, 5.41) is 9.06. The SMILES string of the molecule is CC(C)(C)OC(=O)NCCNC(=S)Nc1cccnc1. The number of amides is 1. The first-order valence-electron chi connectivity index (χ1n) is 6.28. The van der Waals surface area contributed by atoms with Gasteiger partial charge in [0, 0.05) is 19.3 Å². The Morgan fingerprint density at radius 3 is 2.65 bits per heavy atom. The summed E-state index contributed by atoms with van der Waals surface area (Å²) < 4.78 is 5.11. The normalized spacial score (nSPS) is 10.6. The molecule has 0 aliphatic carbocycles. The van der Waals surface area contributed by atoms with Gasteiger partial charge in [0.2, 0.25) is 0 Å². The van der Waals surface area contributed by atoms with Gasteiger partial charge in [0.25, 0.3) is 0 Å². The van der Waals surface area contributed by atoms with Crippen molar-refractivity contribution in [2.45, 2.75) is 26.4 Å². The van der Waals surface area contributed by atoms with Crippen LogP contribution >= 0.6 is 12.2 Å². The Labute approximate surface area is 124 Å². The number of rotatable bonds is 4. The lowest BCUT2D eigenvalue weighted by molar-refractivity contribution is 0.0529. The summed E-state index contributed by atoms with van der Waals surface area (Å²) in [7, 11) is 0. The van der Waals surface area contributed by atoms with Gasteiger partial charge in [0.05, 0.1) is 11.9 Å². The number of carbonyl (C=O) groups excluding carboxylic acids is 1. The smallest absolute Gasteiger partial charge is 0.407 e. The van der Waals surface area contributed by atoms with E-state index in [0.717, 1.165) is 5.69 Å². The molecule has 7 heteroatoms. The number of nitrogens with one attached hydrogen (secondary N) is 3. The Morgan fingerprint density at radius 2 is 2.05 bits per heavy atom. The maximum Gasteiger partial charge on any atom is 0.407 e. The molecule has 0 saturated carbocycles. The Balaban J connectivity index is 2.15. The number of alkyl carbamates (subject to hydrolysis) is 1. The molecule has 1 aromatic heterocycles. The number of anilines is 1. The van der Waals surface area contributed by atoms with E-state index < -0.39 is 11.7 Å². The lowest BCUT2D eigenvalue weighted by atomic mass is 10.2. The highest BCUT2D eigenvalue weighted by Gasteiger charge is 2.15. The highest BCUT2D eigenvalue weighted by atomic mass is 32.1. The van der Waals surface area contributed by atoms with Gasteiger partial charge in [-0.3, -0.25) is 4.98 Å². The van der Waals surface area contributed by atoms with Gasteiger partial charge >= 0.3 is 6.09 Å². The summed E-state index contributed by atoms with van der Waals surface area (Å²) in [6.07, 6.45) is 2.92. The second kappa shape index (κ2) is 7.64. The summed E-state index contributed by atoms with van der Waals surface area (Å²) in [6, 6.07) is 3.68. The van der Waals surface area contributed by atoms with Crippen molar-refractivity contribution in [1.29, 1.82) is 0 Å². The first kappa shape index (κ1) is 16.2. The molecule has 1 rings (SSSR count). The minimum absolute atomic E-state index is 0.420. The van der Waals surface area contributed by atoms with E-state index >= 15 is 0 Å². The quantitative estimate of drug-likeness (QED) is 0.582. The summed E-state index contributed by atoms with van der Waals surface area (Å²) in [4.78, 5) is 15.3. The van der Waals surface area contributed by atoms with Gasteiger partial charge in [0.1, 0.15) is 5.60 Å². The Kier molecular flexibility index (Phi) is 6.17. The van der Waals surface area contributed by atoms with Gasteiger partial charge < -0.3 is 20.7 Å². The van der Waals surface area contributed by atoms with Crippen LogP contribution in [0.3, 0.4) is 0 Å². The summed E-state index contributed by atoms with van der Waals surface area (Å²) >= 11 is 5.11. The second-order valence-electron chi connectivity index (χ2n) is 5.05. The lowest BCUT2D eigenvalue weighted by Crippen LogP contribution is -2.39. The molecule has 0 atom stereocenters. The lowest BCUT2D eigenvalue weighted by Gasteiger charge is -2.19. The van der Waals surface area contributed by atoms with Crippen molar-refractivity contribution in [3.8, 4) is 0 Å². The minimum Gasteiger partial charge on any atom is -0.444 e. The number of carbonyl (C=O) groups is 1. The maximum absolute atomic E-state index is 11.4. The predicted octanol–water partition coefficient (Wildman–Crippen LogP) is 1.89. The summed E-state index contributed by atoms with van der Waals surface area (Å²) in [5.41, 5.74) is 0.319. The van der Waals surface area contributed by atoms with Crippen molar-refractivity contribution in [3.05, 3.63) is 24.5 Å². The molecule has 0 radical (unpaired) electrons. The topological polar surface area (TPSA) is 75.3 Å². The van der Waals surface area contributed by atoms with Crippen LogP contribution in [0.4, 0.5) is 10.5 Å². The highest BCUT2D eigenvalue weighted by Crippen LogP contribution is 2.06. The van der Waals surface area contributed by atoms with Gasteiger partial charge in [0.15, 0.2) is 5.11 Å². The standard InChI is InChI=1S/C13H20N4O2S/c1-13(2,3)19-12(18)16-8-7-15-11(20)17-10-5-4-6-14-9-10/h4-6,9H,7-8H2,1-3H3,(H,16,18)(H2,15,17,20). The molecule has 1 aromatic rings. The van der Waals surface area contributed by atoms with E-state index in [1.807, 2.05) is 32.9 Å². The fourth-order valence-corrected chi connectivity index (χ4v) is 1.49. The van der Waals surface area contributed by atoms with Crippen LogP contribution in [0.15, 0.2) is 24.5 Å². The van der Waals surface area contributed by atoms with E-state index in [1.54, 1.807) is 12.4 Å². The van der Waals surface area contributed by atoms with E-state index in [2.05, 4.69) is 20.9 Å². The number of pyridine rings is 1. The third kappa shape index (κ3) is 7.52. The van der Waals surface area contributed by atoms with Crippen LogP contribution in [-0.2, 0) is 4.74 Å². The predicted molar refractivity (Wildman–Crippen MR) is 82.7 cm³/mol. The molecule has 0 aliphatic heterocycles. The molecule has 0 aliphatic rings. The minimum atomic E-state index is -0.491. The molecule has 0 bridgehead atoms. The van der Waals surface area contributed by atoms with E-state index in [1.165, 1.54) is 0 Å². The molecule has 1 amide bonds. The average molecular weight is 296 g/mol. The third-order valence-corrected chi connectivity index (χ3v) is 2.24. The Morgan fingerprint density at radius 1 is 1.35 bits per heavy atom. The molecule has 0 fully saturated rings. The van der Waals surface area contributed by atoms with Crippen LogP contribution in [0, 0.1) is 0 Å². The number of thiocarbonyl (C=S) groups is 1. The monoisotopic (exact) mass is 296 g/mol. The number of aromatic nitrogens is 1. The van der Waals surface area contributed by atoms with Crippen molar-refractivity contribution >= 4 is 29.1 Å². The first-order chi connectivity index (χ1) is 9.37. The summed E-state index contributed by atoms with van der Waals surface area (Å²) in [5.74, 6) is 0. The zero-order valence-corrected chi connectivity index (χ0v) is 12.7. The van der Waals surface area contributed by atoms with Crippen LogP contribution < -0.4 is 16.0 Å². The molecule has 1 heterocycles. The second-order valence-corrected chi connectivity index (χ2v) is 5.46. The molecule has 20 heavy (non-hydrogen) atoms. The molecule has 110 valence electrons. The van der Waals surface area contributed by atoms with Gasteiger partial charge in [-0.1, -0.05) is 0 Å². The van der Waals surface area contributed by atoms with E-state index in [9.17, 15) is 4.79 Å². The molecular weight excluding hydrogens is 276 g/mol. The number of hydrogen-bond donors (Lipinski definition) is 3. The highest BCUT2D eigenvalue weighted by molar-refractivity contribution is 7.80. The van der Waals surface area contributed by atoms with Crippen LogP contribution in [0.5, 0.6) is 0 Å². The van der Waals surface area contributed by atoms with Gasteiger partial charge in [-0.25, -0.2) is 4.79 Å². The fourth-order valence-electron chi connectivity index (χ4n) is 1.27. The van der Waals surface area contributed by atoms with Crippen molar-refractivity contribution < 1.29 is 9.53 Å². The zero-order valence-electron chi connectivity index (χ0n) is 11.9. The number of nitrogens with zero attached hydrogens (tertiary/aromatic N) is 1.